The number of rotatable bonds is 5. The number of hydrogen-bond acceptors (Lipinski definition) is 4. The van der Waals surface area contributed by atoms with Crippen LogP contribution in [0.3, 0.4) is 0 Å². The summed E-state index contributed by atoms with van der Waals surface area (Å²) in [6, 6.07) is 7.74. The molecule has 2 heterocycles. The molecule has 1 aromatic carbocycles. The molecule has 0 aliphatic heterocycles. The Hall–Kier alpha value is -2.40. The summed E-state index contributed by atoms with van der Waals surface area (Å²) in [6.07, 6.45) is 2.55. The highest BCUT2D eigenvalue weighted by Crippen LogP contribution is 2.27. The molecule has 26 heavy (non-hydrogen) atoms. The van der Waals surface area contributed by atoms with Gasteiger partial charge in [-0.05, 0) is 49.8 Å². The van der Waals surface area contributed by atoms with Crippen molar-refractivity contribution in [3.63, 3.8) is 0 Å². The highest BCUT2D eigenvalue weighted by Gasteiger charge is 2.17. The van der Waals surface area contributed by atoms with Gasteiger partial charge >= 0.3 is 0 Å². The number of pyridine rings is 2. The van der Waals surface area contributed by atoms with Crippen LogP contribution in [0.15, 0.2) is 35.3 Å². The van der Waals surface area contributed by atoms with Crippen LogP contribution in [0.25, 0.3) is 21.7 Å². The fourth-order valence-corrected chi connectivity index (χ4v) is 3.47. The molecule has 0 radical (unpaired) electrons. The monoisotopic (exact) mass is 353 g/mol. The zero-order valence-electron chi connectivity index (χ0n) is 16.1. The lowest BCUT2D eigenvalue weighted by molar-refractivity contribution is 0.177. The zero-order chi connectivity index (χ0) is 19.0. The summed E-state index contributed by atoms with van der Waals surface area (Å²) >= 11 is 0. The first-order chi connectivity index (χ1) is 12.3. The fraction of sp³-hybridized carbons (Fsp3) is 0.429. The minimum absolute atomic E-state index is 0.0279. The number of fused-ring (bicyclic) bond motifs is 3. The first kappa shape index (κ1) is 18.4. The summed E-state index contributed by atoms with van der Waals surface area (Å²) < 4.78 is 7.73. The standard InChI is InChI=1S/C21H27N3O2/c1-12(2)10-18(22)14(4)26-15-6-7-16-17-8-9-23-13(3)20(17)21(25)24(5)19(16)11-15/h6-9,11-12,14,18H,10,22H2,1-5H3/t14?,18-/m1/s1. The molecule has 0 spiro atoms. The Bertz CT molecular complexity index is 1010. The third-order valence-corrected chi connectivity index (χ3v) is 4.95. The second-order valence-corrected chi connectivity index (χ2v) is 7.48. The van der Waals surface area contributed by atoms with Gasteiger partial charge in [0.2, 0.25) is 0 Å². The molecule has 3 aromatic rings. The van der Waals surface area contributed by atoms with Gasteiger partial charge in [0.25, 0.3) is 5.56 Å². The van der Waals surface area contributed by atoms with Crippen molar-refractivity contribution in [3.8, 4) is 5.75 Å². The Morgan fingerprint density at radius 1 is 1.19 bits per heavy atom. The van der Waals surface area contributed by atoms with Crippen molar-refractivity contribution in [2.75, 3.05) is 0 Å². The minimum Gasteiger partial charge on any atom is -0.489 e. The Balaban J connectivity index is 2.06. The highest BCUT2D eigenvalue weighted by molar-refractivity contribution is 6.06. The maximum atomic E-state index is 12.8. The van der Waals surface area contributed by atoms with Crippen molar-refractivity contribution in [2.45, 2.75) is 46.3 Å². The third kappa shape index (κ3) is 3.31. The lowest BCUT2D eigenvalue weighted by Crippen LogP contribution is -2.37. The molecule has 0 aliphatic carbocycles. The fourth-order valence-electron chi connectivity index (χ4n) is 3.47. The van der Waals surface area contributed by atoms with Crippen LogP contribution in [0.5, 0.6) is 5.75 Å². The molecule has 0 saturated carbocycles. The summed E-state index contributed by atoms with van der Waals surface area (Å²) in [5.74, 6) is 1.25. The molecule has 1 unspecified atom stereocenters. The second kappa shape index (κ2) is 7.08. The third-order valence-electron chi connectivity index (χ3n) is 4.95. The average molecular weight is 353 g/mol. The van der Waals surface area contributed by atoms with Crippen molar-refractivity contribution in [3.05, 3.63) is 46.5 Å². The Morgan fingerprint density at radius 2 is 1.92 bits per heavy atom. The zero-order valence-corrected chi connectivity index (χ0v) is 16.1. The van der Waals surface area contributed by atoms with E-state index < -0.39 is 0 Å². The van der Waals surface area contributed by atoms with E-state index in [0.717, 1.165) is 34.2 Å². The van der Waals surface area contributed by atoms with Gasteiger partial charge in [0.15, 0.2) is 0 Å². The molecular formula is C21H27N3O2. The highest BCUT2D eigenvalue weighted by atomic mass is 16.5. The van der Waals surface area contributed by atoms with Gasteiger partial charge in [-0.15, -0.1) is 0 Å². The van der Waals surface area contributed by atoms with Crippen LogP contribution in [0.2, 0.25) is 0 Å². The maximum absolute atomic E-state index is 12.8. The van der Waals surface area contributed by atoms with Gasteiger partial charge in [0, 0.05) is 30.7 Å². The van der Waals surface area contributed by atoms with Crippen molar-refractivity contribution < 1.29 is 4.74 Å². The van der Waals surface area contributed by atoms with E-state index >= 15 is 0 Å². The van der Waals surface area contributed by atoms with Gasteiger partial charge in [0.05, 0.1) is 16.6 Å². The topological polar surface area (TPSA) is 70.1 Å². The van der Waals surface area contributed by atoms with Crippen LogP contribution in [-0.4, -0.2) is 21.7 Å². The van der Waals surface area contributed by atoms with Crippen LogP contribution in [0.4, 0.5) is 0 Å². The average Bonchev–Trinajstić information content (AvgIpc) is 2.58. The molecule has 0 fully saturated rings. The minimum atomic E-state index is -0.0984. The molecule has 5 nitrogen and oxygen atoms in total. The number of aromatic nitrogens is 2. The van der Waals surface area contributed by atoms with Gasteiger partial charge in [-0.2, -0.15) is 0 Å². The molecule has 0 amide bonds. The van der Waals surface area contributed by atoms with E-state index in [-0.39, 0.29) is 17.7 Å². The number of nitrogens with two attached hydrogens (primary N) is 1. The number of ether oxygens (including phenoxy) is 1. The number of nitrogens with zero attached hydrogens (tertiary/aromatic N) is 2. The van der Waals surface area contributed by atoms with E-state index in [9.17, 15) is 4.79 Å². The quantitative estimate of drug-likeness (QED) is 0.712. The number of aryl methyl sites for hydroxylation is 2. The normalized spacial score (nSPS) is 14.1. The maximum Gasteiger partial charge on any atom is 0.260 e. The Kier molecular flexibility index (Phi) is 5.01. The summed E-state index contributed by atoms with van der Waals surface area (Å²) in [5, 5.41) is 2.61. The molecule has 2 aromatic heterocycles. The van der Waals surface area contributed by atoms with E-state index in [4.69, 9.17) is 10.5 Å². The second-order valence-electron chi connectivity index (χ2n) is 7.48. The van der Waals surface area contributed by atoms with Crippen LogP contribution in [0, 0.1) is 12.8 Å². The predicted octanol–water partition coefficient (Wildman–Crippen LogP) is 3.54. The van der Waals surface area contributed by atoms with Crippen molar-refractivity contribution in [2.24, 2.45) is 18.7 Å². The van der Waals surface area contributed by atoms with Gasteiger partial charge in [-0.1, -0.05) is 13.8 Å². The van der Waals surface area contributed by atoms with Gasteiger partial charge < -0.3 is 15.0 Å². The van der Waals surface area contributed by atoms with E-state index in [1.54, 1.807) is 17.8 Å². The summed E-state index contributed by atoms with van der Waals surface area (Å²) in [7, 11) is 1.79. The summed E-state index contributed by atoms with van der Waals surface area (Å²) in [5.41, 5.74) is 7.79. The molecule has 0 aliphatic rings. The van der Waals surface area contributed by atoms with Crippen LogP contribution >= 0.6 is 0 Å². The summed E-state index contributed by atoms with van der Waals surface area (Å²) in [6.45, 7) is 8.16. The molecule has 0 saturated heterocycles. The van der Waals surface area contributed by atoms with Crippen molar-refractivity contribution >= 4 is 21.7 Å². The molecule has 0 bridgehead atoms. The largest absolute Gasteiger partial charge is 0.489 e. The van der Waals surface area contributed by atoms with Crippen molar-refractivity contribution in [1.29, 1.82) is 0 Å². The summed E-state index contributed by atoms with van der Waals surface area (Å²) in [4.78, 5) is 17.1. The lowest BCUT2D eigenvalue weighted by atomic mass is 10.0. The van der Waals surface area contributed by atoms with Gasteiger partial charge in [-0.25, -0.2) is 0 Å². The van der Waals surface area contributed by atoms with E-state index in [1.165, 1.54) is 0 Å². The first-order valence-electron chi connectivity index (χ1n) is 9.10. The van der Waals surface area contributed by atoms with E-state index in [0.29, 0.717) is 11.3 Å². The Labute approximate surface area is 153 Å². The molecule has 138 valence electrons. The molecule has 2 atom stereocenters. The molecule has 2 N–H and O–H groups in total. The van der Waals surface area contributed by atoms with Crippen LogP contribution < -0.4 is 16.0 Å². The van der Waals surface area contributed by atoms with E-state index in [1.807, 2.05) is 38.1 Å². The Morgan fingerprint density at radius 3 is 2.62 bits per heavy atom. The van der Waals surface area contributed by atoms with Gasteiger partial charge in [-0.3, -0.25) is 9.78 Å². The first-order valence-corrected chi connectivity index (χ1v) is 9.10. The number of hydrogen-bond donors (Lipinski definition) is 1. The van der Waals surface area contributed by atoms with Crippen LogP contribution in [0.1, 0.15) is 32.9 Å². The van der Waals surface area contributed by atoms with E-state index in [2.05, 4.69) is 18.8 Å². The van der Waals surface area contributed by atoms with Crippen molar-refractivity contribution in [1.82, 2.24) is 9.55 Å². The SMILES string of the molecule is Cc1nccc2c1c(=O)n(C)c1cc(OC(C)[C@H](N)CC(C)C)ccc21. The number of benzene rings is 1. The smallest absolute Gasteiger partial charge is 0.260 e. The van der Waals surface area contributed by atoms with Gasteiger partial charge in [0.1, 0.15) is 11.9 Å². The molecular weight excluding hydrogens is 326 g/mol. The predicted molar refractivity (Wildman–Crippen MR) is 107 cm³/mol. The van der Waals surface area contributed by atoms with Crippen LogP contribution in [-0.2, 0) is 7.05 Å². The molecule has 3 rings (SSSR count). The molecule has 5 heteroatoms. The lowest BCUT2D eigenvalue weighted by Gasteiger charge is -2.23.